The van der Waals surface area contributed by atoms with Gasteiger partial charge in [0.25, 0.3) is 0 Å². The van der Waals surface area contributed by atoms with E-state index >= 15 is 0 Å². The first-order chi connectivity index (χ1) is 3.70. The van der Waals surface area contributed by atoms with Gasteiger partial charge in [0, 0.05) is 0 Å². The van der Waals surface area contributed by atoms with Crippen LogP contribution in [0.25, 0.3) is 0 Å². The molecule has 1 amide bonds. The summed E-state index contributed by atoms with van der Waals surface area (Å²) in [5.41, 5.74) is 5.26. The van der Waals surface area contributed by atoms with E-state index in [1.54, 1.807) is 0 Å². The van der Waals surface area contributed by atoms with Gasteiger partial charge in [0.05, 0.1) is 0 Å². The van der Waals surface area contributed by atoms with Gasteiger partial charge in [0.1, 0.15) is 5.25 Å². The van der Waals surface area contributed by atoms with Crippen molar-refractivity contribution in [2.75, 3.05) is 0 Å². The van der Waals surface area contributed by atoms with Crippen molar-refractivity contribution < 1.29 is 9.79 Å². The lowest BCUT2D eigenvalue weighted by Crippen LogP contribution is -2.76. The summed E-state index contributed by atoms with van der Waals surface area (Å²) in [5, 5.41) is 0.512. The lowest BCUT2D eigenvalue weighted by Gasteiger charge is -1.85. The van der Waals surface area contributed by atoms with Crippen molar-refractivity contribution in [3.63, 3.8) is 0 Å². The molecule has 0 aromatic rings. The Kier molecular flexibility index (Phi) is 1.25. The molecule has 1 aliphatic rings. The molecule has 8 heavy (non-hydrogen) atoms. The number of amidine groups is 1. The van der Waals surface area contributed by atoms with Crippen LogP contribution < -0.4 is 10.7 Å². The Hall–Kier alpha value is -0.510. The molecule has 0 radical (unpaired) electrons. The van der Waals surface area contributed by atoms with E-state index in [4.69, 9.17) is 5.73 Å². The van der Waals surface area contributed by atoms with Crippen molar-refractivity contribution in [1.82, 2.24) is 0 Å². The normalized spacial score (nSPS) is 28.4. The zero-order chi connectivity index (χ0) is 6.15. The molecule has 1 rings (SSSR count). The summed E-state index contributed by atoms with van der Waals surface area (Å²) >= 11 is 1.36. The summed E-state index contributed by atoms with van der Waals surface area (Å²) in [6, 6.07) is 0. The van der Waals surface area contributed by atoms with Crippen molar-refractivity contribution in [1.29, 1.82) is 0 Å². The molecular weight excluding hydrogens is 124 g/mol. The van der Waals surface area contributed by atoms with Crippen LogP contribution in [-0.4, -0.2) is 16.3 Å². The molecule has 3 N–H and O–H groups in total. The van der Waals surface area contributed by atoms with E-state index in [2.05, 4.69) is 4.99 Å². The van der Waals surface area contributed by atoms with Crippen LogP contribution in [0.15, 0.2) is 0 Å². The predicted octanol–water partition coefficient (Wildman–Crippen LogP) is -1.96. The van der Waals surface area contributed by atoms with Crippen molar-refractivity contribution >= 4 is 22.8 Å². The number of amides is 1. The average Bonchev–Trinajstić information content (AvgIpc) is 1.85. The molecule has 0 saturated carbocycles. The van der Waals surface area contributed by atoms with Gasteiger partial charge in [-0.25, -0.2) is 9.79 Å². The minimum absolute atomic E-state index is 0.00463. The Balaban J connectivity index is 2.70. The third-order valence-corrected chi connectivity index (χ3v) is 1.84. The average molecular weight is 131 g/mol. The first-order valence-corrected chi connectivity index (χ1v) is 3.18. The minimum atomic E-state index is -0.00463. The molecule has 1 unspecified atom stereocenters. The van der Waals surface area contributed by atoms with E-state index in [9.17, 15) is 4.79 Å². The van der Waals surface area contributed by atoms with Gasteiger partial charge in [-0.1, -0.05) is 0 Å². The Morgan fingerprint density at radius 2 is 2.50 bits per heavy atom. The maximum atomic E-state index is 10.6. The number of hydrogen-bond acceptors (Lipinski definition) is 3. The Bertz CT molecular complexity index is 154. The summed E-state index contributed by atoms with van der Waals surface area (Å²) in [5.74, 6) is 0.00694. The van der Waals surface area contributed by atoms with E-state index in [0.717, 1.165) is 0 Å². The second kappa shape index (κ2) is 1.78. The van der Waals surface area contributed by atoms with E-state index in [-0.39, 0.29) is 11.2 Å². The molecule has 1 heterocycles. The number of hydrogen-bond donors (Lipinski definition) is 2. The van der Waals surface area contributed by atoms with Gasteiger partial charge < -0.3 is 0 Å². The summed E-state index contributed by atoms with van der Waals surface area (Å²) in [4.78, 5) is 13.0. The number of nitrogens with one attached hydrogen (secondary N) is 1. The van der Waals surface area contributed by atoms with Gasteiger partial charge in [0.15, 0.2) is 0 Å². The van der Waals surface area contributed by atoms with Crippen LogP contribution >= 0.6 is 11.8 Å². The molecule has 3 nitrogen and oxygen atoms in total. The van der Waals surface area contributed by atoms with Crippen molar-refractivity contribution in [2.24, 2.45) is 5.73 Å². The fourth-order valence-electron chi connectivity index (χ4n) is 0.496. The van der Waals surface area contributed by atoms with Crippen LogP contribution in [0.2, 0.25) is 0 Å². The molecular formula is C4H7N2OS+. The number of carbonyl (C=O) groups is 1. The SMILES string of the molecule is CC1SC(N)=[NH+]C1=O. The van der Waals surface area contributed by atoms with Gasteiger partial charge in [-0.15, -0.1) is 0 Å². The van der Waals surface area contributed by atoms with Crippen LogP contribution in [0.3, 0.4) is 0 Å². The smallest absolute Gasteiger partial charge is 0.281 e. The second-order valence-electron chi connectivity index (χ2n) is 1.61. The summed E-state index contributed by atoms with van der Waals surface area (Å²) in [6.45, 7) is 1.82. The fraction of sp³-hybridized carbons (Fsp3) is 0.500. The monoisotopic (exact) mass is 131 g/mol. The van der Waals surface area contributed by atoms with E-state index in [1.807, 2.05) is 6.92 Å². The Morgan fingerprint density at radius 3 is 2.62 bits per heavy atom. The highest BCUT2D eigenvalue weighted by atomic mass is 32.2. The maximum Gasteiger partial charge on any atom is 0.321 e. The molecule has 0 fully saturated rings. The second-order valence-corrected chi connectivity index (χ2v) is 3.00. The van der Waals surface area contributed by atoms with Gasteiger partial charge in [-0.3, -0.25) is 5.73 Å². The molecule has 0 aromatic heterocycles. The maximum absolute atomic E-state index is 10.6. The van der Waals surface area contributed by atoms with Gasteiger partial charge >= 0.3 is 11.1 Å². The van der Waals surface area contributed by atoms with Crippen molar-refractivity contribution in [3.8, 4) is 0 Å². The molecule has 4 heteroatoms. The van der Waals surface area contributed by atoms with Crippen LogP contribution in [-0.2, 0) is 4.79 Å². The summed E-state index contributed by atoms with van der Waals surface area (Å²) in [7, 11) is 0. The highest BCUT2D eigenvalue weighted by Gasteiger charge is 2.26. The predicted molar refractivity (Wildman–Crippen MR) is 32.2 cm³/mol. The highest BCUT2D eigenvalue weighted by Crippen LogP contribution is 2.08. The first-order valence-electron chi connectivity index (χ1n) is 2.30. The zero-order valence-corrected chi connectivity index (χ0v) is 5.29. The van der Waals surface area contributed by atoms with Crippen LogP contribution in [0.1, 0.15) is 6.92 Å². The Morgan fingerprint density at radius 1 is 1.88 bits per heavy atom. The largest absolute Gasteiger partial charge is 0.321 e. The van der Waals surface area contributed by atoms with E-state index in [0.29, 0.717) is 5.17 Å². The highest BCUT2D eigenvalue weighted by molar-refractivity contribution is 8.14. The molecule has 0 aromatic carbocycles. The lowest BCUT2D eigenvalue weighted by molar-refractivity contribution is -0.371. The third kappa shape index (κ3) is 0.838. The number of nitrogens with two attached hydrogens (primary N) is 1. The van der Waals surface area contributed by atoms with Crippen LogP contribution in [0, 0.1) is 0 Å². The third-order valence-electron chi connectivity index (χ3n) is 0.919. The summed E-state index contributed by atoms with van der Waals surface area (Å²) in [6.07, 6.45) is 0. The van der Waals surface area contributed by atoms with Crippen molar-refractivity contribution in [3.05, 3.63) is 0 Å². The first kappa shape index (κ1) is 5.62. The van der Waals surface area contributed by atoms with E-state index < -0.39 is 0 Å². The lowest BCUT2D eigenvalue weighted by atomic mass is 10.5. The fourth-order valence-corrected chi connectivity index (χ4v) is 1.20. The minimum Gasteiger partial charge on any atom is -0.281 e. The topological polar surface area (TPSA) is 57.1 Å². The van der Waals surface area contributed by atoms with Crippen LogP contribution in [0.4, 0.5) is 0 Å². The molecule has 44 valence electrons. The number of thioether (sulfide) groups is 1. The standard InChI is InChI=1S/C4H6N2OS/c1-2-3(7)6-4(5)8-2/h2H,1H3,(H2,5,6,7)/p+1. The van der Waals surface area contributed by atoms with Crippen LogP contribution in [0.5, 0.6) is 0 Å². The van der Waals surface area contributed by atoms with Gasteiger partial charge in [-0.05, 0) is 18.7 Å². The molecule has 0 saturated heterocycles. The molecule has 0 bridgehead atoms. The molecule has 0 spiro atoms. The van der Waals surface area contributed by atoms with Gasteiger partial charge in [-0.2, -0.15) is 0 Å². The van der Waals surface area contributed by atoms with Crippen molar-refractivity contribution in [2.45, 2.75) is 12.2 Å². The summed E-state index contributed by atoms with van der Waals surface area (Å²) < 4.78 is 0. The Labute approximate surface area is 51.3 Å². The van der Waals surface area contributed by atoms with E-state index in [1.165, 1.54) is 11.8 Å². The molecule has 1 atom stereocenters. The number of carbonyl (C=O) groups excluding carboxylic acids is 1. The molecule has 0 aliphatic carbocycles. The van der Waals surface area contributed by atoms with Gasteiger partial charge in [0.2, 0.25) is 0 Å². The number of rotatable bonds is 0. The quantitative estimate of drug-likeness (QED) is 0.401. The molecule has 1 aliphatic heterocycles. The zero-order valence-electron chi connectivity index (χ0n) is 4.47.